The minimum absolute atomic E-state index is 0.0788. The Morgan fingerprint density at radius 3 is 2.86 bits per heavy atom. The Morgan fingerprint density at radius 2 is 2.14 bits per heavy atom. The van der Waals surface area contributed by atoms with E-state index in [-0.39, 0.29) is 11.5 Å². The molecule has 1 heterocycles. The van der Waals surface area contributed by atoms with Gasteiger partial charge in [0.15, 0.2) is 12.1 Å². The predicted octanol–water partition coefficient (Wildman–Crippen LogP) is 1.22. The molecule has 0 radical (unpaired) electrons. The molecule has 0 aliphatic carbocycles. The number of halogens is 1. The van der Waals surface area contributed by atoms with E-state index in [9.17, 15) is 9.18 Å². The molecule has 2 rings (SSSR count). The van der Waals surface area contributed by atoms with Crippen molar-refractivity contribution >= 4 is 6.29 Å². The number of hydrogen-bond acceptors (Lipinski definition) is 3. The van der Waals surface area contributed by atoms with Crippen molar-refractivity contribution < 1.29 is 9.18 Å². The minimum atomic E-state index is -0.443. The van der Waals surface area contributed by atoms with Crippen LogP contribution < -0.4 is 0 Å². The molecular weight excluding hydrogens is 185 g/mol. The van der Waals surface area contributed by atoms with E-state index in [0.29, 0.717) is 6.29 Å². The van der Waals surface area contributed by atoms with Gasteiger partial charge in [-0.25, -0.2) is 14.1 Å². The van der Waals surface area contributed by atoms with Gasteiger partial charge in [0.25, 0.3) is 0 Å². The Morgan fingerprint density at radius 1 is 1.36 bits per heavy atom. The maximum atomic E-state index is 13.3. The second-order valence-electron chi connectivity index (χ2n) is 2.60. The smallest absolute Gasteiger partial charge is 0.196 e. The van der Waals surface area contributed by atoms with E-state index in [4.69, 9.17) is 0 Å². The van der Waals surface area contributed by atoms with Crippen LogP contribution in [0.3, 0.4) is 0 Å². The quantitative estimate of drug-likeness (QED) is 0.670. The largest absolute Gasteiger partial charge is 0.294 e. The van der Waals surface area contributed by atoms with E-state index in [1.165, 1.54) is 18.5 Å². The zero-order chi connectivity index (χ0) is 9.97. The van der Waals surface area contributed by atoms with Crippen LogP contribution in [0.5, 0.6) is 0 Å². The van der Waals surface area contributed by atoms with E-state index in [0.717, 1.165) is 4.68 Å². The summed E-state index contributed by atoms with van der Waals surface area (Å²) >= 11 is 0. The zero-order valence-electron chi connectivity index (χ0n) is 7.09. The first kappa shape index (κ1) is 8.55. The molecule has 0 aliphatic heterocycles. The molecular formula is C9H6FN3O. The Kier molecular flexibility index (Phi) is 2.06. The van der Waals surface area contributed by atoms with Crippen LogP contribution in [0, 0.1) is 5.82 Å². The monoisotopic (exact) mass is 191 g/mol. The average Bonchev–Trinajstić information content (AvgIpc) is 2.66. The molecule has 0 N–H and O–H groups in total. The molecule has 0 bridgehead atoms. The summed E-state index contributed by atoms with van der Waals surface area (Å²) in [7, 11) is 0. The summed E-state index contributed by atoms with van der Waals surface area (Å²) in [6.45, 7) is 0. The van der Waals surface area contributed by atoms with Crippen LogP contribution >= 0.6 is 0 Å². The van der Waals surface area contributed by atoms with Crippen molar-refractivity contribution in [3.63, 3.8) is 0 Å². The summed E-state index contributed by atoms with van der Waals surface area (Å²) in [4.78, 5) is 14.2. The van der Waals surface area contributed by atoms with Gasteiger partial charge >= 0.3 is 0 Å². The molecule has 0 fully saturated rings. The third-order valence-electron chi connectivity index (χ3n) is 1.76. The number of carbonyl (C=O) groups is 1. The summed E-state index contributed by atoms with van der Waals surface area (Å²) in [6, 6.07) is 6.05. The number of aldehydes is 1. The van der Waals surface area contributed by atoms with Gasteiger partial charge in [-0.05, 0) is 12.1 Å². The van der Waals surface area contributed by atoms with Crippen LogP contribution in [0.25, 0.3) is 5.69 Å². The highest BCUT2D eigenvalue weighted by atomic mass is 19.1. The van der Waals surface area contributed by atoms with Gasteiger partial charge in [-0.15, -0.1) is 0 Å². The van der Waals surface area contributed by atoms with Crippen molar-refractivity contribution in [3.8, 4) is 5.69 Å². The Labute approximate surface area is 79.0 Å². The first-order chi connectivity index (χ1) is 6.83. The van der Waals surface area contributed by atoms with Gasteiger partial charge in [0, 0.05) is 0 Å². The summed E-state index contributed by atoms with van der Waals surface area (Å²) in [6.07, 6.45) is 1.73. The molecule has 0 aliphatic rings. The number of benzene rings is 1. The normalized spacial score (nSPS) is 10.1. The molecule has 0 unspecified atom stereocenters. The fourth-order valence-corrected chi connectivity index (χ4v) is 1.14. The van der Waals surface area contributed by atoms with Crippen molar-refractivity contribution in [1.29, 1.82) is 0 Å². The van der Waals surface area contributed by atoms with Crippen molar-refractivity contribution in [2.75, 3.05) is 0 Å². The summed E-state index contributed by atoms with van der Waals surface area (Å²) in [5.41, 5.74) is 0.215. The fourth-order valence-electron chi connectivity index (χ4n) is 1.14. The van der Waals surface area contributed by atoms with Crippen LogP contribution in [0.2, 0.25) is 0 Å². The molecule has 4 nitrogen and oxygen atoms in total. The van der Waals surface area contributed by atoms with Crippen molar-refractivity contribution in [2.24, 2.45) is 0 Å². The Hall–Kier alpha value is -2.04. The van der Waals surface area contributed by atoms with Gasteiger partial charge in [0.2, 0.25) is 0 Å². The van der Waals surface area contributed by atoms with E-state index in [1.807, 2.05) is 0 Å². The van der Waals surface area contributed by atoms with E-state index < -0.39 is 5.82 Å². The van der Waals surface area contributed by atoms with Crippen LogP contribution in [0.15, 0.2) is 30.6 Å². The highest BCUT2D eigenvalue weighted by Gasteiger charge is 2.08. The second-order valence-corrected chi connectivity index (χ2v) is 2.60. The van der Waals surface area contributed by atoms with Gasteiger partial charge in [-0.1, -0.05) is 12.1 Å². The summed E-state index contributed by atoms with van der Waals surface area (Å²) in [5, 5.41) is 3.75. The molecule has 0 saturated heterocycles. The Balaban J connectivity index is 2.60. The van der Waals surface area contributed by atoms with Crippen molar-refractivity contribution in [2.45, 2.75) is 0 Å². The van der Waals surface area contributed by atoms with Crippen LogP contribution in [0.4, 0.5) is 4.39 Å². The first-order valence-corrected chi connectivity index (χ1v) is 3.93. The Bertz CT molecular complexity index is 467. The second kappa shape index (κ2) is 3.37. The van der Waals surface area contributed by atoms with E-state index in [2.05, 4.69) is 10.1 Å². The number of aromatic nitrogens is 3. The van der Waals surface area contributed by atoms with Gasteiger partial charge < -0.3 is 0 Å². The van der Waals surface area contributed by atoms with Crippen LogP contribution in [0.1, 0.15) is 10.6 Å². The highest BCUT2D eigenvalue weighted by Crippen LogP contribution is 2.11. The predicted molar refractivity (Wildman–Crippen MR) is 46.7 cm³/mol. The van der Waals surface area contributed by atoms with Gasteiger partial charge in [0.05, 0.1) is 0 Å². The minimum Gasteiger partial charge on any atom is -0.294 e. The molecule has 5 heteroatoms. The fraction of sp³-hybridized carbons (Fsp3) is 0. The third-order valence-corrected chi connectivity index (χ3v) is 1.76. The number of para-hydroxylation sites is 1. The lowest BCUT2D eigenvalue weighted by Crippen LogP contribution is -2.04. The van der Waals surface area contributed by atoms with E-state index >= 15 is 0 Å². The lowest BCUT2D eigenvalue weighted by molar-refractivity contribution is 0.111. The number of rotatable bonds is 2. The van der Waals surface area contributed by atoms with Gasteiger partial charge in [0.1, 0.15) is 17.8 Å². The molecule has 70 valence electrons. The summed E-state index contributed by atoms with van der Waals surface area (Å²) < 4.78 is 14.4. The molecule has 2 aromatic rings. The van der Waals surface area contributed by atoms with Crippen molar-refractivity contribution in [1.82, 2.24) is 14.8 Å². The highest BCUT2D eigenvalue weighted by molar-refractivity contribution is 5.70. The average molecular weight is 191 g/mol. The molecule has 0 saturated carbocycles. The zero-order valence-corrected chi connectivity index (χ0v) is 7.09. The number of nitrogens with zero attached hydrogens (tertiary/aromatic N) is 3. The van der Waals surface area contributed by atoms with Crippen LogP contribution in [-0.4, -0.2) is 21.1 Å². The van der Waals surface area contributed by atoms with Crippen molar-refractivity contribution in [3.05, 3.63) is 42.2 Å². The van der Waals surface area contributed by atoms with E-state index in [1.54, 1.807) is 12.1 Å². The number of carbonyl (C=O) groups excluding carboxylic acids is 1. The molecule has 0 atom stereocenters. The third kappa shape index (κ3) is 1.28. The SMILES string of the molecule is O=Cc1ncnn1-c1ccccc1F. The van der Waals surface area contributed by atoms with Crippen LogP contribution in [-0.2, 0) is 0 Å². The topological polar surface area (TPSA) is 47.8 Å². The summed E-state index contributed by atoms with van der Waals surface area (Å²) in [5.74, 6) is -0.365. The molecule has 0 spiro atoms. The number of hydrogen-bond donors (Lipinski definition) is 0. The molecule has 1 aromatic carbocycles. The lowest BCUT2D eigenvalue weighted by Gasteiger charge is -2.02. The molecule has 14 heavy (non-hydrogen) atoms. The first-order valence-electron chi connectivity index (χ1n) is 3.93. The molecule has 0 amide bonds. The van der Waals surface area contributed by atoms with Gasteiger partial charge in [-0.3, -0.25) is 4.79 Å². The maximum absolute atomic E-state index is 13.3. The van der Waals surface area contributed by atoms with Gasteiger partial charge in [-0.2, -0.15) is 5.10 Å². The molecule has 1 aromatic heterocycles. The standard InChI is InChI=1S/C9H6FN3O/c10-7-3-1-2-4-8(7)13-9(5-14)11-6-12-13/h1-6H. The maximum Gasteiger partial charge on any atom is 0.196 e. The lowest BCUT2D eigenvalue weighted by atomic mass is 10.3.